The zero-order valence-electron chi connectivity index (χ0n) is 8.59. The summed E-state index contributed by atoms with van der Waals surface area (Å²) in [6.07, 6.45) is 1.81. The molecule has 0 bridgehead atoms. The topological polar surface area (TPSA) is 68.2 Å². The number of fused-ring (bicyclic) bond motifs is 1. The van der Waals surface area contributed by atoms with Crippen LogP contribution in [0.25, 0.3) is 5.69 Å². The predicted molar refractivity (Wildman–Crippen MR) is 62.5 cm³/mol. The Morgan fingerprint density at radius 2 is 2.06 bits per heavy atom. The Kier molecular flexibility index (Phi) is 1.89. The molecular weight excluding hydrogens is 202 g/mol. The fourth-order valence-electron chi connectivity index (χ4n) is 1.73. The Balaban J connectivity index is 2.09. The third-order valence-electron chi connectivity index (χ3n) is 2.51. The smallest absolute Gasteiger partial charge is 0.194 e. The SMILES string of the molecule is NC1=NCc2cnn(-c3ccccc3)c2N1. The number of nitrogens with zero attached hydrogens (tertiary/aromatic N) is 3. The van der Waals surface area contributed by atoms with Gasteiger partial charge >= 0.3 is 0 Å². The summed E-state index contributed by atoms with van der Waals surface area (Å²) in [5.74, 6) is 1.34. The molecule has 0 atom stereocenters. The van der Waals surface area contributed by atoms with Crippen molar-refractivity contribution in [3.8, 4) is 5.69 Å². The van der Waals surface area contributed by atoms with Crippen LogP contribution in [0.2, 0.25) is 0 Å². The molecule has 0 amide bonds. The highest BCUT2D eigenvalue weighted by Crippen LogP contribution is 2.22. The number of nitrogens with one attached hydrogen (secondary N) is 1. The Morgan fingerprint density at radius 1 is 1.25 bits per heavy atom. The molecule has 0 saturated heterocycles. The molecule has 0 fully saturated rings. The molecule has 3 rings (SSSR count). The third-order valence-corrected chi connectivity index (χ3v) is 2.51. The van der Waals surface area contributed by atoms with Crippen LogP contribution in [0.15, 0.2) is 41.5 Å². The van der Waals surface area contributed by atoms with Gasteiger partial charge in [0.1, 0.15) is 5.82 Å². The van der Waals surface area contributed by atoms with E-state index in [1.165, 1.54) is 0 Å². The highest BCUT2D eigenvalue weighted by atomic mass is 15.4. The normalized spacial score (nSPS) is 13.9. The van der Waals surface area contributed by atoms with E-state index in [2.05, 4.69) is 15.4 Å². The predicted octanol–water partition coefficient (Wildman–Crippen LogP) is 1.11. The van der Waals surface area contributed by atoms with Gasteiger partial charge in [-0.05, 0) is 12.1 Å². The minimum Gasteiger partial charge on any atom is -0.370 e. The second kappa shape index (κ2) is 3.37. The quantitative estimate of drug-likeness (QED) is 0.745. The first-order chi connectivity index (χ1) is 7.84. The van der Waals surface area contributed by atoms with E-state index < -0.39 is 0 Å². The van der Waals surface area contributed by atoms with Crippen LogP contribution in [0, 0.1) is 0 Å². The second-order valence-electron chi connectivity index (χ2n) is 3.59. The molecule has 2 aromatic rings. The number of nitrogens with two attached hydrogens (primary N) is 1. The van der Waals surface area contributed by atoms with E-state index in [4.69, 9.17) is 5.73 Å². The van der Waals surface area contributed by atoms with Crippen molar-refractivity contribution in [2.45, 2.75) is 6.54 Å². The van der Waals surface area contributed by atoms with E-state index >= 15 is 0 Å². The van der Waals surface area contributed by atoms with E-state index in [1.807, 2.05) is 41.2 Å². The van der Waals surface area contributed by atoms with Gasteiger partial charge in [0, 0.05) is 5.56 Å². The highest BCUT2D eigenvalue weighted by molar-refractivity contribution is 5.93. The largest absolute Gasteiger partial charge is 0.370 e. The number of aromatic nitrogens is 2. The van der Waals surface area contributed by atoms with Crippen molar-refractivity contribution in [3.63, 3.8) is 0 Å². The number of aliphatic imine (C=N–C) groups is 1. The maximum Gasteiger partial charge on any atom is 0.194 e. The zero-order chi connectivity index (χ0) is 11.0. The van der Waals surface area contributed by atoms with E-state index in [0.717, 1.165) is 17.1 Å². The summed E-state index contributed by atoms with van der Waals surface area (Å²) in [5.41, 5.74) is 7.71. The van der Waals surface area contributed by atoms with Crippen molar-refractivity contribution >= 4 is 11.8 Å². The number of benzene rings is 1. The standard InChI is InChI=1S/C11H11N5/c12-11-13-6-8-7-14-16(10(8)15-11)9-4-2-1-3-5-9/h1-5,7H,6H2,(H3,12,13,15). The summed E-state index contributed by atoms with van der Waals surface area (Å²) >= 11 is 0. The molecule has 0 radical (unpaired) electrons. The fourth-order valence-corrected chi connectivity index (χ4v) is 1.73. The molecule has 0 aliphatic carbocycles. The summed E-state index contributed by atoms with van der Waals surface area (Å²) in [6.45, 7) is 0.584. The van der Waals surface area contributed by atoms with Crippen molar-refractivity contribution in [3.05, 3.63) is 42.1 Å². The van der Waals surface area contributed by atoms with Gasteiger partial charge in [0.25, 0.3) is 0 Å². The molecule has 0 unspecified atom stereocenters. The monoisotopic (exact) mass is 213 g/mol. The van der Waals surface area contributed by atoms with E-state index in [0.29, 0.717) is 12.5 Å². The summed E-state index contributed by atoms with van der Waals surface area (Å²) in [7, 11) is 0. The van der Waals surface area contributed by atoms with Crippen LogP contribution in [0.3, 0.4) is 0 Å². The van der Waals surface area contributed by atoms with Gasteiger partial charge < -0.3 is 11.1 Å². The number of hydrogen-bond acceptors (Lipinski definition) is 4. The van der Waals surface area contributed by atoms with Crippen LogP contribution in [-0.4, -0.2) is 15.7 Å². The molecule has 80 valence electrons. The van der Waals surface area contributed by atoms with Crippen LogP contribution in [0.1, 0.15) is 5.56 Å². The lowest BCUT2D eigenvalue weighted by atomic mass is 10.3. The Hall–Kier alpha value is -2.30. The van der Waals surface area contributed by atoms with E-state index in [1.54, 1.807) is 0 Å². The Labute approximate surface area is 92.6 Å². The molecule has 16 heavy (non-hydrogen) atoms. The van der Waals surface area contributed by atoms with Gasteiger partial charge in [-0.1, -0.05) is 18.2 Å². The third kappa shape index (κ3) is 1.33. The average Bonchev–Trinajstić information content (AvgIpc) is 2.73. The number of hydrogen-bond donors (Lipinski definition) is 2. The highest BCUT2D eigenvalue weighted by Gasteiger charge is 2.15. The lowest BCUT2D eigenvalue weighted by Crippen LogP contribution is -2.27. The van der Waals surface area contributed by atoms with Gasteiger partial charge in [0.15, 0.2) is 5.96 Å². The maximum atomic E-state index is 5.65. The van der Waals surface area contributed by atoms with Gasteiger partial charge in [-0.25, -0.2) is 9.67 Å². The van der Waals surface area contributed by atoms with Gasteiger partial charge in [-0.2, -0.15) is 5.10 Å². The summed E-state index contributed by atoms with van der Waals surface area (Å²) < 4.78 is 1.83. The van der Waals surface area contributed by atoms with Crippen LogP contribution in [-0.2, 0) is 6.54 Å². The minimum atomic E-state index is 0.435. The van der Waals surface area contributed by atoms with Crippen LogP contribution < -0.4 is 11.1 Å². The van der Waals surface area contributed by atoms with Gasteiger partial charge in [-0.3, -0.25) is 0 Å². The van der Waals surface area contributed by atoms with Crippen LogP contribution in [0.5, 0.6) is 0 Å². The van der Waals surface area contributed by atoms with Crippen LogP contribution >= 0.6 is 0 Å². The molecule has 5 heteroatoms. The molecule has 1 aliphatic rings. The molecule has 1 aliphatic heterocycles. The first kappa shape index (κ1) is 8.96. The van der Waals surface area contributed by atoms with Crippen LogP contribution in [0.4, 0.5) is 5.82 Å². The fraction of sp³-hybridized carbons (Fsp3) is 0.0909. The lowest BCUT2D eigenvalue weighted by molar-refractivity contribution is 0.886. The van der Waals surface area contributed by atoms with Gasteiger partial charge in [-0.15, -0.1) is 0 Å². The molecule has 0 saturated carbocycles. The average molecular weight is 213 g/mol. The molecule has 5 nitrogen and oxygen atoms in total. The first-order valence-corrected chi connectivity index (χ1v) is 5.04. The molecule has 2 heterocycles. The number of para-hydroxylation sites is 1. The van der Waals surface area contributed by atoms with E-state index in [9.17, 15) is 0 Å². The summed E-state index contributed by atoms with van der Waals surface area (Å²) in [6, 6.07) is 9.92. The molecule has 3 N–H and O–H groups in total. The van der Waals surface area contributed by atoms with Gasteiger partial charge in [0.2, 0.25) is 0 Å². The maximum absolute atomic E-state index is 5.65. The van der Waals surface area contributed by atoms with Crippen molar-refractivity contribution in [2.24, 2.45) is 10.7 Å². The Morgan fingerprint density at radius 3 is 2.88 bits per heavy atom. The first-order valence-electron chi connectivity index (χ1n) is 5.04. The molecular formula is C11H11N5. The van der Waals surface area contributed by atoms with E-state index in [-0.39, 0.29) is 0 Å². The molecule has 1 aromatic heterocycles. The molecule has 0 spiro atoms. The minimum absolute atomic E-state index is 0.435. The number of anilines is 1. The van der Waals surface area contributed by atoms with Gasteiger partial charge in [0.05, 0.1) is 18.4 Å². The lowest BCUT2D eigenvalue weighted by Gasteiger charge is -2.14. The van der Waals surface area contributed by atoms with Crippen molar-refractivity contribution in [2.75, 3.05) is 5.32 Å². The Bertz CT molecular complexity index is 541. The zero-order valence-corrected chi connectivity index (χ0v) is 8.59. The van der Waals surface area contributed by atoms with Crippen molar-refractivity contribution < 1.29 is 0 Å². The van der Waals surface area contributed by atoms with Crippen molar-refractivity contribution in [1.82, 2.24) is 9.78 Å². The second-order valence-corrected chi connectivity index (χ2v) is 3.59. The number of rotatable bonds is 1. The summed E-state index contributed by atoms with van der Waals surface area (Å²) in [5, 5.41) is 7.36. The van der Waals surface area contributed by atoms with Crippen molar-refractivity contribution in [1.29, 1.82) is 0 Å². The summed E-state index contributed by atoms with van der Waals surface area (Å²) in [4.78, 5) is 4.11. The number of guanidine groups is 1. The molecule has 1 aromatic carbocycles.